The summed E-state index contributed by atoms with van der Waals surface area (Å²) in [7, 11) is 0. The Labute approximate surface area is 80.2 Å². The van der Waals surface area contributed by atoms with E-state index in [1.165, 1.54) is 0 Å². The summed E-state index contributed by atoms with van der Waals surface area (Å²) in [6, 6.07) is 7.17. The second kappa shape index (κ2) is 3.15. The van der Waals surface area contributed by atoms with Crippen LogP contribution >= 0.6 is 11.6 Å². The Morgan fingerprint density at radius 3 is 2.85 bits per heavy atom. The maximum absolute atomic E-state index is 10.7. The predicted octanol–water partition coefficient (Wildman–Crippen LogP) is 2.70. The van der Waals surface area contributed by atoms with Crippen LogP contribution < -0.4 is 0 Å². The normalized spacial score (nSPS) is 10.2. The molecule has 3 heteroatoms. The molecule has 2 rings (SSSR count). The van der Waals surface area contributed by atoms with Crippen molar-refractivity contribution in [2.45, 2.75) is 0 Å². The van der Waals surface area contributed by atoms with E-state index < -0.39 is 0 Å². The van der Waals surface area contributed by atoms with Gasteiger partial charge in [-0.15, -0.1) is 0 Å². The SMILES string of the molecule is O=Cc1cccc2c(Cl)nccc12. The van der Waals surface area contributed by atoms with Crippen molar-refractivity contribution in [1.82, 2.24) is 4.98 Å². The van der Waals surface area contributed by atoms with Crippen LogP contribution in [-0.4, -0.2) is 11.3 Å². The number of fused-ring (bicyclic) bond motifs is 1. The minimum atomic E-state index is 0.432. The Hall–Kier alpha value is -1.41. The number of carbonyl (C=O) groups is 1. The molecule has 0 aliphatic heterocycles. The van der Waals surface area contributed by atoms with Gasteiger partial charge in [0.05, 0.1) is 0 Å². The number of aldehydes is 1. The number of pyridine rings is 1. The van der Waals surface area contributed by atoms with Crippen molar-refractivity contribution in [2.75, 3.05) is 0 Å². The van der Waals surface area contributed by atoms with Crippen LogP contribution in [0.2, 0.25) is 5.15 Å². The van der Waals surface area contributed by atoms with Crippen LogP contribution in [0, 0.1) is 0 Å². The first kappa shape index (κ1) is 8.20. The van der Waals surface area contributed by atoms with Gasteiger partial charge in [-0.2, -0.15) is 0 Å². The lowest BCUT2D eigenvalue weighted by Crippen LogP contribution is -1.84. The van der Waals surface area contributed by atoms with Gasteiger partial charge in [0.25, 0.3) is 0 Å². The van der Waals surface area contributed by atoms with Gasteiger partial charge in [-0.3, -0.25) is 4.79 Å². The van der Waals surface area contributed by atoms with Crippen LogP contribution in [0.25, 0.3) is 10.8 Å². The van der Waals surface area contributed by atoms with Gasteiger partial charge in [0.15, 0.2) is 6.29 Å². The molecule has 13 heavy (non-hydrogen) atoms. The highest BCUT2D eigenvalue weighted by Gasteiger charge is 2.02. The standard InChI is InChI=1S/C10H6ClNO/c11-10-9-3-1-2-7(6-13)8(9)4-5-12-10/h1-6H. The third-order valence-corrected chi connectivity index (χ3v) is 2.22. The summed E-state index contributed by atoms with van der Waals surface area (Å²) in [6.07, 6.45) is 2.41. The van der Waals surface area contributed by atoms with E-state index in [2.05, 4.69) is 4.98 Å². The van der Waals surface area contributed by atoms with Crippen LogP contribution in [0.3, 0.4) is 0 Å². The fourth-order valence-corrected chi connectivity index (χ4v) is 1.52. The Morgan fingerprint density at radius 1 is 1.23 bits per heavy atom. The van der Waals surface area contributed by atoms with E-state index in [1.54, 1.807) is 24.4 Å². The minimum Gasteiger partial charge on any atom is -0.298 e. The lowest BCUT2D eigenvalue weighted by atomic mass is 10.1. The largest absolute Gasteiger partial charge is 0.298 e. The molecule has 64 valence electrons. The maximum atomic E-state index is 10.7. The van der Waals surface area contributed by atoms with Crippen LogP contribution in [0.4, 0.5) is 0 Å². The number of hydrogen-bond acceptors (Lipinski definition) is 2. The van der Waals surface area contributed by atoms with E-state index in [4.69, 9.17) is 11.6 Å². The Kier molecular flexibility index (Phi) is 1.99. The molecule has 2 aromatic rings. The van der Waals surface area contributed by atoms with Gasteiger partial charge in [-0.05, 0) is 11.5 Å². The first-order valence-electron chi connectivity index (χ1n) is 3.81. The van der Waals surface area contributed by atoms with E-state index in [1.807, 2.05) is 6.07 Å². The van der Waals surface area contributed by atoms with E-state index >= 15 is 0 Å². The van der Waals surface area contributed by atoms with Gasteiger partial charge in [0.2, 0.25) is 0 Å². The highest BCUT2D eigenvalue weighted by atomic mass is 35.5. The average molecular weight is 192 g/mol. The summed E-state index contributed by atoms with van der Waals surface area (Å²) < 4.78 is 0. The quantitative estimate of drug-likeness (QED) is 0.513. The first-order valence-corrected chi connectivity index (χ1v) is 4.19. The first-order chi connectivity index (χ1) is 6.33. The highest BCUT2D eigenvalue weighted by Crippen LogP contribution is 2.22. The molecule has 0 saturated heterocycles. The van der Waals surface area contributed by atoms with E-state index in [9.17, 15) is 4.79 Å². The summed E-state index contributed by atoms with van der Waals surface area (Å²) in [5.74, 6) is 0. The molecule has 0 fully saturated rings. The van der Waals surface area contributed by atoms with Gasteiger partial charge < -0.3 is 0 Å². The molecular weight excluding hydrogens is 186 g/mol. The molecule has 1 aromatic carbocycles. The molecule has 0 bridgehead atoms. The van der Waals surface area contributed by atoms with Crippen LogP contribution in [0.5, 0.6) is 0 Å². The monoisotopic (exact) mass is 191 g/mol. The van der Waals surface area contributed by atoms with Gasteiger partial charge >= 0.3 is 0 Å². The smallest absolute Gasteiger partial charge is 0.150 e. The molecule has 0 spiro atoms. The van der Waals surface area contributed by atoms with E-state index in [-0.39, 0.29) is 0 Å². The summed E-state index contributed by atoms with van der Waals surface area (Å²) in [5.41, 5.74) is 0.641. The molecule has 0 aliphatic carbocycles. The van der Waals surface area contributed by atoms with Crippen LogP contribution in [0.1, 0.15) is 10.4 Å². The topological polar surface area (TPSA) is 30.0 Å². The molecule has 1 aromatic heterocycles. The summed E-state index contributed by atoms with van der Waals surface area (Å²) in [4.78, 5) is 14.6. The number of benzene rings is 1. The molecule has 0 radical (unpaired) electrons. The summed E-state index contributed by atoms with van der Waals surface area (Å²) in [6.45, 7) is 0. The number of carbonyl (C=O) groups excluding carboxylic acids is 1. The third kappa shape index (κ3) is 1.29. The Bertz CT molecular complexity index is 467. The molecular formula is C10H6ClNO. The minimum absolute atomic E-state index is 0.432. The van der Waals surface area contributed by atoms with Gasteiger partial charge in [-0.1, -0.05) is 29.8 Å². The fourth-order valence-electron chi connectivity index (χ4n) is 1.30. The molecule has 0 amide bonds. The van der Waals surface area contributed by atoms with Crippen molar-refractivity contribution in [1.29, 1.82) is 0 Å². The summed E-state index contributed by atoms with van der Waals surface area (Å²) >= 11 is 5.86. The molecule has 0 unspecified atom stereocenters. The zero-order valence-electron chi connectivity index (χ0n) is 6.70. The number of aromatic nitrogens is 1. The highest BCUT2D eigenvalue weighted by molar-refractivity contribution is 6.34. The van der Waals surface area contributed by atoms with Crippen molar-refractivity contribution in [2.24, 2.45) is 0 Å². The molecule has 0 aliphatic rings. The lowest BCUT2D eigenvalue weighted by Gasteiger charge is -2.00. The van der Waals surface area contributed by atoms with Crippen molar-refractivity contribution in [3.05, 3.63) is 41.2 Å². The Morgan fingerprint density at radius 2 is 2.08 bits per heavy atom. The molecule has 0 N–H and O–H groups in total. The van der Waals surface area contributed by atoms with Crippen LogP contribution in [-0.2, 0) is 0 Å². The zero-order valence-corrected chi connectivity index (χ0v) is 7.45. The van der Waals surface area contributed by atoms with Gasteiger partial charge in [-0.25, -0.2) is 4.98 Å². The number of rotatable bonds is 1. The van der Waals surface area contributed by atoms with E-state index in [0.717, 1.165) is 17.1 Å². The van der Waals surface area contributed by atoms with Crippen LogP contribution in [0.15, 0.2) is 30.5 Å². The van der Waals surface area contributed by atoms with Crippen molar-refractivity contribution >= 4 is 28.7 Å². The fraction of sp³-hybridized carbons (Fsp3) is 0. The van der Waals surface area contributed by atoms with Crippen molar-refractivity contribution < 1.29 is 4.79 Å². The number of nitrogens with zero attached hydrogens (tertiary/aromatic N) is 1. The van der Waals surface area contributed by atoms with Gasteiger partial charge in [0, 0.05) is 17.1 Å². The molecule has 0 atom stereocenters. The second-order valence-electron chi connectivity index (χ2n) is 2.66. The third-order valence-electron chi connectivity index (χ3n) is 1.92. The molecule has 0 saturated carbocycles. The predicted molar refractivity (Wildman–Crippen MR) is 52.1 cm³/mol. The lowest BCUT2D eigenvalue weighted by molar-refractivity contribution is 0.112. The Balaban J connectivity index is 2.92. The van der Waals surface area contributed by atoms with Crippen molar-refractivity contribution in [3.63, 3.8) is 0 Å². The number of halogens is 1. The molecule has 2 nitrogen and oxygen atoms in total. The maximum Gasteiger partial charge on any atom is 0.150 e. The van der Waals surface area contributed by atoms with E-state index in [0.29, 0.717) is 10.7 Å². The molecule has 1 heterocycles. The second-order valence-corrected chi connectivity index (χ2v) is 3.02. The van der Waals surface area contributed by atoms with Crippen molar-refractivity contribution in [3.8, 4) is 0 Å². The average Bonchev–Trinajstić information content (AvgIpc) is 2.18. The van der Waals surface area contributed by atoms with Gasteiger partial charge in [0.1, 0.15) is 5.15 Å². The zero-order chi connectivity index (χ0) is 9.26. The summed E-state index contributed by atoms with van der Waals surface area (Å²) in [5, 5.41) is 2.09. The number of hydrogen-bond donors (Lipinski definition) is 0.